The van der Waals surface area contributed by atoms with Gasteiger partial charge in [-0.2, -0.15) is 0 Å². The van der Waals surface area contributed by atoms with E-state index in [2.05, 4.69) is 20.0 Å². The van der Waals surface area contributed by atoms with Gasteiger partial charge in [0.2, 0.25) is 10.0 Å². The van der Waals surface area contributed by atoms with Crippen LogP contribution in [-0.2, 0) is 10.0 Å². The van der Waals surface area contributed by atoms with Gasteiger partial charge in [-0.05, 0) is 37.9 Å². The van der Waals surface area contributed by atoms with Crippen LogP contribution in [0.3, 0.4) is 0 Å². The summed E-state index contributed by atoms with van der Waals surface area (Å²) in [6.45, 7) is 1.48. The fourth-order valence-electron chi connectivity index (χ4n) is 2.60. The molecule has 0 radical (unpaired) electrons. The second-order valence-electron chi connectivity index (χ2n) is 5.03. The summed E-state index contributed by atoms with van der Waals surface area (Å²) in [6.07, 6.45) is 6.24. The number of fused-ring (bicyclic) bond motifs is 1. The number of sulfonamides is 1. The molecular weight excluding hydrogens is 276 g/mol. The second-order valence-corrected chi connectivity index (χ2v) is 6.77. The van der Waals surface area contributed by atoms with Crippen molar-refractivity contribution in [3.05, 3.63) is 24.5 Å². The lowest BCUT2D eigenvalue weighted by Crippen LogP contribution is -2.30. The number of pyridine rings is 1. The summed E-state index contributed by atoms with van der Waals surface area (Å²) >= 11 is 0. The number of hydrogen-bond donors (Lipinski definition) is 3. The van der Waals surface area contributed by atoms with Gasteiger partial charge in [0, 0.05) is 30.4 Å². The van der Waals surface area contributed by atoms with Gasteiger partial charge >= 0.3 is 0 Å². The molecule has 1 aliphatic rings. The first kappa shape index (κ1) is 13.5. The molecule has 20 heavy (non-hydrogen) atoms. The third-order valence-electron chi connectivity index (χ3n) is 3.65. The van der Waals surface area contributed by atoms with E-state index in [1.54, 1.807) is 18.3 Å². The summed E-state index contributed by atoms with van der Waals surface area (Å²) in [6, 6.07) is 3.92. The van der Waals surface area contributed by atoms with Crippen molar-refractivity contribution in [2.45, 2.75) is 30.2 Å². The Labute approximate surface area is 118 Å². The minimum atomic E-state index is -3.48. The summed E-state index contributed by atoms with van der Waals surface area (Å²) in [4.78, 5) is 7.25. The number of rotatable bonds is 5. The molecule has 0 bridgehead atoms. The van der Waals surface area contributed by atoms with Gasteiger partial charge in [0.05, 0.1) is 0 Å². The minimum absolute atomic E-state index is 0.264. The van der Waals surface area contributed by atoms with Crippen molar-refractivity contribution in [2.24, 2.45) is 0 Å². The Morgan fingerprint density at radius 2 is 2.35 bits per heavy atom. The van der Waals surface area contributed by atoms with Gasteiger partial charge in [0.1, 0.15) is 10.5 Å². The molecule has 0 saturated carbocycles. The van der Waals surface area contributed by atoms with Gasteiger partial charge in [-0.1, -0.05) is 0 Å². The fourth-order valence-corrected chi connectivity index (χ4v) is 3.81. The van der Waals surface area contributed by atoms with E-state index < -0.39 is 10.0 Å². The van der Waals surface area contributed by atoms with Gasteiger partial charge in [0.15, 0.2) is 0 Å². The number of aromatic nitrogens is 2. The molecule has 2 aromatic rings. The maximum atomic E-state index is 12.3. The van der Waals surface area contributed by atoms with E-state index in [9.17, 15) is 8.42 Å². The van der Waals surface area contributed by atoms with Crippen molar-refractivity contribution in [2.75, 3.05) is 13.1 Å². The van der Waals surface area contributed by atoms with Crippen LogP contribution in [0.1, 0.15) is 19.3 Å². The molecular formula is C13H18N4O2S. The average molecular weight is 294 g/mol. The summed E-state index contributed by atoms with van der Waals surface area (Å²) in [5.41, 5.74) is 0.588. The number of aromatic amines is 1. The Kier molecular flexibility index (Phi) is 3.73. The molecule has 1 aliphatic heterocycles. The highest BCUT2D eigenvalue weighted by Crippen LogP contribution is 2.20. The molecule has 0 spiro atoms. The Bertz CT molecular complexity index is 689. The summed E-state index contributed by atoms with van der Waals surface area (Å²) in [5.74, 6) is 0. The van der Waals surface area contributed by atoms with Crippen LogP contribution in [0.25, 0.3) is 11.0 Å². The van der Waals surface area contributed by atoms with Gasteiger partial charge in [-0.3, -0.25) is 0 Å². The van der Waals surface area contributed by atoms with E-state index in [0.717, 1.165) is 19.4 Å². The van der Waals surface area contributed by atoms with E-state index in [-0.39, 0.29) is 4.90 Å². The van der Waals surface area contributed by atoms with Crippen LogP contribution in [-0.4, -0.2) is 37.5 Å². The quantitative estimate of drug-likeness (QED) is 0.767. The zero-order valence-electron chi connectivity index (χ0n) is 11.1. The molecule has 3 rings (SSSR count). The summed E-state index contributed by atoms with van der Waals surface area (Å²) in [7, 11) is -3.48. The van der Waals surface area contributed by atoms with Crippen LogP contribution < -0.4 is 10.0 Å². The van der Waals surface area contributed by atoms with Gasteiger partial charge in [0.25, 0.3) is 0 Å². The predicted octanol–water partition coefficient (Wildman–Crippen LogP) is 0.983. The third kappa shape index (κ3) is 2.70. The smallest absolute Gasteiger partial charge is 0.242 e. The molecule has 0 aromatic carbocycles. The monoisotopic (exact) mass is 294 g/mol. The molecule has 1 atom stereocenters. The Hall–Kier alpha value is -1.44. The van der Waals surface area contributed by atoms with Crippen molar-refractivity contribution in [1.82, 2.24) is 20.0 Å². The van der Waals surface area contributed by atoms with Gasteiger partial charge in [-0.15, -0.1) is 0 Å². The van der Waals surface area contributed by atoms with Gasteiger partial charge < -0.3 is 10.3 Å². The van der Waals surface area contributed by atoms with Crippen LogP contribution >= 0.6 is 0 Å². The van der Waals surface area contributed by atoms with Gasteiger partial charge in [-0.25, -0.2) is 18.1 Å². The maximum Gasteiger partial charge on any atom is 0.242 e. The number of nitrogens with one attached hydrogen (secondary N) is 3. The first-order valence-corrected chi connectivity index (χ1v) is 8.30. The van der Waals surface area contributed by atoms with Crippen molar-refractivity contribution >= 4 is 21.1 Å². The van der Waals surface area contributed by atoms with E-state index in [1.165, 1.54) is 12.6 Å². The highest BCUT2D eigenvalue weighted by molar-refractivity contribution is 7.89. The number of hydrogen-bond acceptors (Lipinski definition) is 4. The SMILES string of the molecule is O=S(=O)(NCC[C@@H]1CCCN1)c1c[nH]c2ncccc12. The second kappa shape index (κ2) is 5.51. The summed E-state index contributed by atoms with van der Waals surface area (Å²) < 4.78 is 27.3. The van der Waals surface area contributed by atoms with Crippen molar-refractivity contribution in [3.8, 4) is 0 Å². The minimum Gasteiger partial charge on any atom is -0.345 e. The van der Waals surface area contributed by atoms with Crippen LogP contribution in [0, 0.1) is 0 Å². The van der Waals surface area contributed by atoms with E-state index in [4.69, 9.17) is 0 Å². The molecule has 3 N–H and O–H groups in total. The average Bonchev–Trinajstić information content (AvgIpc) is 3.07. The van der Waals surface area contributed by atoms with E-state index >= 15 is 0 Å². The zero-order valence-corrected chi connectivity index (χ0v) is 11.9. The maximum absolute atomic E-state index is 12.3. The van der Waals surface area contributed by atoms with Crippen LogP contribution in [0.4, 0.5) is 0 Å². The number of H-pyrrole nitrogens is 1. The topological polar surface area (TPSA) is 86.9 Å². The van der Waals surface area contributed by atoms with Crippen LogP contribution in [0.5, 0.6) is 0 Å². The highest BCUT2D eigenvalue weighted by atomic mass is 32.2. The highest BCUT2D eigenvalue weighted by Gasteiger charge is 2.20. The molecule has 6 nitrogen and oxygen atoms in total. The summed E-state index contributed by atoms with van der Waals surface area (Å²) in [5, 5.41) is 3.98. The molecule has 2 aromatic heterocycles. The predicted molar refractivity (Wildman–Crippen MR) is 76.9 cm³/mol. The standard InChI is InChI=1S/C13H18N4O2S/c18-20(19,17-8-5-10-3-1-6-14-10)12-9-16-13-11(12)4-2-7-15-13/h2,4,7,9-10,14,17H,1,3,5-6,8H2,(H,15,16)/t10-/m0/s1. The Balaban J connectivity index is 1.71. The first-order valence-electron chi connectivity index (χ1n) is 6.82. The molecule has 0 amide bonds. The lowest BCUT2D eigenvalue weighted by Gasteiger charge is -2.10. The molecule has 1 fully saturated rings. The third-order valence-corrected chi connectivity index (χ3v) is 5.15. The molecule has 3 heterocycles. The normalized spacial score (nSPS) is 19.7. The lowest BCUT2D eigenvalue weighted by molar-refractivity contribution is 0.540. The fraction of sp³-hybridized carbons (Fsp3) is 0.462. The molecule has 108 valence electrons. The van der Waals surface area contributed by atoms with E-state index in [0.29, 0.717) is 23.6 Å². The largest absolute Gasteiger partial charge is 0.345 e. The van der Waals surface area contributed by atoms with Crippen LogP contribution in [0.2, 0.25) is 0 Å². The Morgan fingerprint density at radius 1 is 1.45 bits per heavy atom. The van der Waals surface area contributed by atoms with Crippen molar-refractivity contribution < 1.29 is 8.42 Å². The molecule has 0 aliphatic carbocycles. The van der Waals surface area contributed by atoms with Crippen molar-refractivity contribution in [1.29, 1.82) is 0 Å². The molecule has 0 unspecified atom stereocenters. The number of nitrogens with zero attached hydrogens (tertiary/aromatic N) is 1. The molecule has 7 heteroatoms. The van der Waals surface area contributed by atoms with Crippen molar-refractivity contribution in [3.63, 3.8) is 0 Å². The lowest BCUT2D eigenvalue weighted by atomic mass is 10.2. The zero-order chi connectivity index (χ0) is 14.0. The molecule has 1 saturated heterocycles. The first-order chi connectivity index (χ1) is 9.67. The Morgan fingerprint density at radius 3 is 3.15 bits per heavy atom. The van der Waals surface area contributed by atoms with Crippen LogP contribution in [0.15, 0.2) is 29.4 Å². The van der Waals surface area contributed by atoms with E-state index in [1.807, 2.05) is 0 Å².